The van der Waals surface area contributed by atoms with Gasteiger partial charge < -0.3 is 14.4 Å². The molecule has 1 amide bonds. The summed E-state index contributed by atoms with van der Waals surface area (Å²) in [6.45, 7) is 6.50. The highest BCUT2D eigenvalue weighted by molar-refractivity contribution is 9.10. The Morgan fingerprint density at radius 3 is 2.70 bits per heavy atom. The van der Waals surface area contributed by atoms with Gasteiger partial charge in [-0.3, -0.25) is 9.48 Å². The Balaban J connectivity index is 2.14. The maximum absolute atomic E-state index is 12.7. The summed E-state index contributed by atoms with van der Waals surface area (Å²) in [6, 6.07) is 5.32. The maximum Gasteiger partial charge on any atom is 0.261 e. The quantitative estimate of drug-likeness (QED) is 0.636. The topological polar surface area (TPSA) is 80.4 Å². The summed E-state index contributed by atoms with van der Waals surface area (Å²) in [5.41, 5.74) is 1.40. The van der Waals surface area contributed by atoms with Crippen LogP contribution in [0, 0.1) is 11.3 Å². The molecule has 2 rings (SSSR count). The second-order valence-electron chi connectivity index (χ2n) is 6.26. The predicted molar refractivity (Wildman–Crippen MR) is 104 cm³/mol. The van der Waals surface area contributed by atoms with Crippen LogP contribution in [0.5, 0.6) is 11.5 Å². The number of hydrogen-bond donors (Lipinski definition) is 0. The molecule has 27 heavy (non-hydrogen) atoms. The number of aryl methyl sites for hydroxylation is 1. The van der Waals surface area contributed by atoms with Crippen molar-refractivity contribution in [2.24, 2.45) is 7.05 Å². The molecule has 0 saturated carbocycles. The molecule has 0 unspecified atom stereocenters. The van der Waals surface area contributed by atoms with Crippen molar-refractivity contribution in [3.05, 3.63) is 40.1 Å². The van der Waals surface area contributed by atoms with E-state index >= 15 is 0 Å². The SMILES string of the molecule is CCOc1cc(C#N)cc(Br)c1OCC(=O)N(Cc1cnn(C)c1)C(C)C. The summed E-state index contributed by atoms with van der Waals surface area (Å²) >= 11 is 3.39. The molecule has 0 N–H and O–H groups in total. The van der Waals surface area contributed by atoms with Gasteiger partial charge >= 0.3 is 0 Å². The highest BCUT2D eigenvalue weighted by Gasteiger charge is 2.20. The number of benzene rings is 1. The fourth-order valence-electron chi connectivity index (χ4n) is 2.56. The lowest BCUT2D eigenvalue weighted by molar-refractivity contribution is -0.135. The van der Waals surface area contributed by atoms with Gasteiger partial charge in [0.1, 0.15) is 0 Å². The summed E-state index contributed by atoms with van der Waals surface area (Å²) in [6.07, 6.45) is 3.63. The molecule has 144 valence electrons. The largest absolute Gasteiger partial charge is 0.490 e. The van der Waals surface area contributed by atoms with E-state index in [2.05, 4.69) is 27.1 Å². The van der Waals surface area contributed by atoms with Crippen LogP contribution in [0.25, 0.3) is 0 Å². The molecule has 8 heteroatoms. The van der Waals surface area contributed by atoms with Crippen molar-refractivity contribution in [1.82, 2.24) is 14.7 Å². The van der Waals surface area contributed by atoms with E-state index in [0.717, 1.165) is 5.56 Å². The molecule has 0 bridgehead atoms. The van der Waals surface area contributed by atoms with Gasteiger partial charge in [0, 0.05) is 37.5 Å². The van der Waals surface area contributed by atoms with Gasteiger partial charge in [-0.1, -0.05) is 0 Å². The lowest BCUT2D eigenvalue weighted by atomic mass is 10.2. The van der Waals surface area contributed by atoms with Gasteiger partial charge in [0.2, 0.25) is 0 Å². The predicted octanol–water partition coefficient (Wildman–Crippen LogP) is 3.27. The lowest BCUT2D eigenvalue weighted by Crippen LogP contribution is -2.39. The summed E-state index contributed by atoms with van der Waals surface area (Å²) < 4.78 is 13.6. The summed E-state index contributed by atoms with van der Waals surface area (Å²) in [7, 11) is 1.84. The molecule has 7 nitrogen and oxygen atoms in total. The molecule has 1 aromatic heterocycles. The van der Waals surface area contributed by atoms with Crippen LogP contribution in [-0.2, 0) is 18.4 Å². The van der Waals surface area contributed by atoms with Crippen LogP contribution < -0.4 is 9.47 Å². The molecular formula is C19H23BrN4O3. The third kappa shape index (κ3) is 5.47. The molecule has 0 saturated heterocycles. The van der Waals surface area contributed by atoms with Crippen molar-refractivity contribution in [3.8, 4) is 17.6 Å². The number of rotatable bonds is 8. The van der Waals surface area contributed by atoms with E-state index in [4.69, 9.17) is 14.7 Å². The van der Waals surface area contributed by atoms with Crippen molar-refractivity contribution < 1.29 is 14.3 Å². The average molecular weight is 435 g/mol. The maximum atomic E-state index is 12.7. The Labute approximate surface area is 167 Å². The lowest BCUT2D eigenvalue weighted by Gasteiger charge is -2.26. The zero-order valence-corrected chi connectivity index (χ0v) is 17.5. The summed E-state index contributed by atoms with van der Waals surface area (Å²) in [4.78, 5) is 14.5. The Morgan fingerprint density at radius 1 is 1.41 bits per heavy atom. The van der Waals surface area contributed by atoms with Gasteiger partial charge in [-0.25, -0.2) is 0 Å². The molecule has 0 spiro atoms. The van der Waals surface area contributed by atoms with Crippen molar-refractivity contribution in [3.63, 3.8) is 0 Å². The zero-order valence-electron chi connectivity index (χ0n) is 15.9. The number of halogens is 1. The summed E-state index contributed by atoms with van der Waals surface area (Å²) in [5.74, 6) is 0.696. The fourth-order valence-corrected chi connectivity index (χ4v) is 3.12. The fraction of sp³-hybridized carbons (Fsp3) is 0.421. The Hall–Kier alpha value is -2.53. The van der Waals surface area contributed by atoms with E-state index in [-0.39, 0.29) is 18.6 Å². The molecular weight excluding hydrogens is 412 g/mol. The minimum Gasteiger partial charge on any atom is -0.490 e. The molecule has 0 aliphatic rings. The number of carbonyl (C=O) groups excluding carboxylic acids is 1. The Bertz CT molecular complexity index is 842. The van der Waals surface area contributed by atoms with Gasteiger partial charge in [-0.05, 0) is 42.8 Å². The highest BCUT2D eigenvalue weighted by Crippen LogP contribution is 2.36. The van der Waals surface area contributed by atoms with Gasteiger partial charge in [0.05, 0.1) is 28.9 Å². The van der Waals surface area contributed by atoms with Crippen molar-refractivity contribution >= 4 is 21.8 Å². The van der Waals surface area contributed by atoms with E-state index < -0.39 is 0 Å². The number of ether oxygens (including phenoxy) is 2. The van der Waals surface area contributed by atoms with E-state index in [1.807, 2.05) is 34.0 Å². The molecule has 1 heterocycles. The zero-order chi connectivity index (χ0) is 20.0. The molecule has 0 fully saturated rings. The first-order chi connectivity index (χ1) is 12.8. The molecule has 0 radical (unpaired) electrons. The van der Waals surface area contributed by atoms with E-state index in [9.17, 15) is 4.79 Å². The van der Waals surface area contributed by atoms with Crippen molar-refractivity contribution in [2.45, 2.75) is 33.4 Å². The van der Waals surface area contributed by atoms with E-state index in [1.165, 1.54) is 0 Å². The van der Waals surface area contributed by atoms with Gasteiger partial charge in [0.15, 0.2) is 18.1 Å². The standard InChI is InChI=1S/C19H23BrN4O3/c1-5-26-17-7-14(8-21)6-16(20)19(17)27-12-18(25)24(13(2)3)11-15-9-22-23(4)10-15/h6-7,9-10,13H,5,11-12H2,1-4H3. The number of nitrogens with zero attached hydrogens (tertiary/aromatic N) is 4. The van der Waals surface area contributed by atoms with Crippen LogP contribution in [0.4, 0.5) is 0 Å². The Morgan fingerprint density at radius 2 is 2.15 bits per heavy atom. The monoisotopic (exact) mass is 434 g/mol. The van der Waals surface area contributed by atoms with Crippen LogP contribution in [0.1, 0.15) is 31.9 Å². The number of nitriles is 1. The smallest absolute Gasteiger partial charge is 0.261 e. The Kier molecular flexibility index (Phi) is 7.25. The normalized spacial score (nSPS) is 10.6. The van der Waals surface area contributed by atoms with E-state index in [0.29, 0.717) is 34.7 Å². The number of carbonyl (C=O) groups is 1. The third-order valence-electron chi connectivity index (χ3n) is 3.83. The summed E-state index contributed by atoms with van der Waals surface area (Å²) in [5, 5.41) is 13.2. The second-order valence-corrected chi connectivity index (χ2v) is 7.11. The van der Waals surface area contributed by atoms with Gasteiger partial charge in [-0.15, -0.1) is 0 Å². The van der Waals surface area contributed by atoms with Gasteiger partial charge in [-0.2, -0.15) is 10.4 Å². The molecule has 0 aliphatic carbocycles. The van der Waals surface area contributed by atoms with Crippen molar-refractivity contribution in [1.29, 1.82) is 5.26 Å². The van der Waals surface area contributed by atoms with Crippen LogP contribution in [0.3, 0.4) is 0 Å². The van der Waals surface area contributed by atoms with Crippen molar-refractivity contribution in [2.75, 3.05) is 13.2 Å². The number of hydrogen-bond acceptors (Lipinski definition) is 5. The van der Waals surface area contributed by atoms with Crippen LogP contribution in [-0.4, -0.2) is 39.8 Å². The van der Waals surface area contributed by atoms with Crippen LogP contribution in [0.2, 0.25) is 0 Å². The second kappa shape index (κ2) is 9.42. The van der Waals surface area contributed by atoms with Crippen LogP contribution >= 0.6 is 15.9 Å². The minimum atomic E-state index is -0.146. The molecule has 2 aromatic rings. The first-order valence-electron chi connectivity index (χ1n) is 8.61. The third-order valence-corrected chi connectivity index (χ3v) is 4.42. The highest BCUT2D eigenvalue weighted by atomic mass is 79.9. The van der Waals surface area contributed by atoms with Crippen LogP contribution in [0.15, 0.2) is 29.0 Å². The number of aromatic nitrogens is 2. The number of amides is 1. The first-order valence-corrected chi connectivity index (χ1v) is 9.41. The molecule has 0 aliphatic heterocycles. The minimum absolute atomic E-state index is 0.0112. The molecule has 0 atom stereocenters. The average Bonchev–Trinajstić information content (AvgIpc) is 3.03. The van der Waals surface area contributed by atoms with E-state index in [1.54, 1.807) is 27.9 Å². The molecule has 1 aromatic carbocycles. The first kappa shape index (κ1) is 20.8. The van der Waals surface area contributed by atoms with Gasteiger partial charge in [0.25, 0.3) is 5.91 Å².